The summed E-state index contributed by atoms with van der Waals surface area (Å²) in [6, 6.07) is 9.91. The molecule has 0 unspecified atom stereocenters. The van der Waals surface area contributed by atoms with Gasteiger partial charge in [0.15, 0.2) is 0 Å². The van der Waals surface area contributed by atoms with E-state index in [-0.39, 0.29) is 11.6 Å². The summed E-state index contributed by atoms with van der Waals surface area (Å²) in [5.74, 6) is -0.0488. The Morgan fingerprint density at radius 1 is 1.20 bits per heavy atom. The zero-order chi connectivity index (χ0) is 14.1. The van der Waals surface area contributed by atoms with E-state index in [9.17, 15) is 15.2 Å². The van der Waals surface area contributed by atoms with Gasteiger partial charge in [-0.2, -0.15) is 0 Å². The summed E-state index contributed by atoms with van der Waals surface area (Å²) < 4.78 is 0. The zero-order valence-electron chi connectivity index (χ0n) is 10.0. The van der Waals surface area contributed by atoms with Crippen LogP contribution in [0.4, 0.5) is 5.69 Å². The van der Waals surface area contributed by atoms with Crippen LogP contribution in [0.15, 0.2) is 41.8 Å². The first-order chi connectivity index (χ1) is 9.65. The lowest BCUT2D eigenvalue weighted by atomic mass is 10.2. The highest BCUT2D eigenvalue weighted by atomic mass is 32.1. The van der Waals surface area contributed by atoms with Crippen molar-refractivity contribution < 1.29 is 10.0 Å². The van der Waals surface area contributed by atoms with Crippen LogP contribution in [0, 0.1) is 10.1 Å². The molecule has 0 spiro atoms. The van der Waals surface area contributed by atoms with Crippen molar-refractivity contribution in [2.45, 2.75) is 0 Å². The van der Waals surface area contributed by atoms with Crippen LogP contribution in [-0.4, -0.2) is 15.0 Å². The van der Waals surface area contributed by atoms with Gasteiger partial charge in [0.1, 0.15) is 5.01 Å². The molecule has 0 radical (unpaired) electrons. The van der Waals surface area contributed by atoms with Crippen molar-refractivity contribution in [2.24, 2.45) is 0 Å². The minimum absolute atomic E-state index is 0.0243. The highest BCUT2D eigenvalue weighted by molar-refractivity contribution is 7.23. The molecule has 0 atom stereocenters. The van der Waals surface area contributed by atoms with Gasteiger partial charge in [0, 0.05) is 12.1 Å². The first-order valence-electron chi connectivity index (χ1n) is 5.63. The van der Waals surface area contributed by atoms with Crippen LogP contribution in [0.3, 0.4) is 0 Å². The normalized spacial score (nSPS) is 10.6. The fourth-order valence-electron chi connectivity index (χ4n) is 1.74. The van der Waals surface area contributed by atoms with Crippen LogP contribution in [0.5, 0.6) is 5.88 Å². The van der Waals surface area contributed by atoms with Crippen molar-refractivity contribution in [1.29, 1.82) is 0 Å². The van der Waals surface area contributed by atoms with Gasteiger partial charge < -0.3 is 5.11 Å². The van der Waals surface area contributed by atoms with E-state index in [0.29, 0.717) is 10.4 Å². The molecule has 2 aromatic heterocycles. The van der Waals surface area contributed by atoms with Gasteiger partial charge in [-0.25, -0.2) is 4.98 Å². The number of aromatic nitrogens is 1. The number of nitrogens with zero attached hydrogens (tertiary/aromatic N) is 2. The largest absolute Gasteiger partial charge is 0.492 e. The molecule has 5 nitrogen and oxygen atoms in total. The third-order valence-electron chi connectivity index (χ3n) is 2.68. The van der Waals surface area contributed by atoms with Crippen LogP contribution in [0.25, 0.3) is 20.3 Å². The number of rotatable bonds is 3. The molecule has 3 rings (SSSR count). The van der Waals surface area contributed by atoms with Crippen molar-refractivity contribution in [3.63, 3.8) is 0 Å². The summed E-state index contributed by atoms with van der Waals surface area (Å²) in [5, 5.41) is 23.2. The maximum Gasteiger partial charge on any atom is 0.269 e. The molecule has 20 heavy (non-hydrogen) atoms. The highest BCUT2D eigenvalue weighted by Gasteiger charge is 2.15. The molecule has 0 fully saturated rings. The molecule has 3 aromatic rings. The molecule has 2 heterocycles. The second kappa shape index (κ2) is 5.03. The van der Waals surface area contributed by atoms with Crippen molar-refractivity contribution in [3.8, 4) is 26.2 Å². The van der Waals surface area contributed by atoms with E-state index in [0.717, 1.165) is 9.88 Å². The summed E-state index contributed by atoms with van der Waals surface area (Å²) in [6.45, 7) is 0. The average molecular weight is 304 g/mol. The Kier molecular flexibility index (Phi) is 3.21. The summed E-state index contributed by atoms with van der Waals surface area (Å²) in [7, 11) is 0. The fourth-order valence-corrected chi connectivity index (χ4v) is 3.50. The molecule has 0 bridgehead atoms. The van der Waals surface area contributed by atoms with Crippen LogP contribution in [-0.2, 0) is 0 Å². The predicted molar refractivity (Wildman–Crippen MR) is 79.2 cm³/mol. The number of benzene rings is 1. The van der Waals surface area contributed by atoms with E-state index in [4.69, 9.17) is 0 Å². The Balaban J connectivity index is 2.00. The van der Waals surface area contributed by atoms with Crippen LogP contribution >= 0.6 is 22.7 Å². The number of hydrogen-bond acceptors (Lipinski definition) is 6. The van der Waals surface area contributed by atoms with Gasteiger partial charge in [-0.05, 0) is 29.1 Å². The Morgan fingerprint density at radius 3 is 2.55 bits per heavy atom. The number of nitro benzene ring substituents is 1. The number of hydrogen-bond donors (Lipinski definition) is 1. The second-order valence-electron chi connectivity index (χ2n) is 3.95. The molecular formula is C13H8N2O3S2. The minimum Gasteiger partial charge on any atom is -0.492 e. The summed E-state index contributed by atoms with van der Waals surface area (Å²) in [5.41, 5.74) is 0.740. The van der Waals surface area contributed by atoms with E-state index in [1.165, 1.54) is 23.5 Å². The van der Waals surface area contributed by atoms with E-state index in [1.54, 1.807) is 23.5 Å². The first kappa shape index (κ1) is 12.8. The number of thiazole rings is 1. The second-order valence-corrected chi connectivity index (χ2v) is 5.90. The lowest BCUT2D eigenvalue weighted by Gasteiger charge is -1.97. The van der Waals surface area contributed by atoms with Crippen LogP contribution in [0.1, 0.15) is 0 Å². The van der Waals surface area contributed by atoms with Crippen LogP contribution in [0.2, 0.25) is 0 Å². The molecule has 7 heteroatoms. The lowest BCUT2D eigenvalue weighted by Crippen LogP contribution is -1.86. The molecule has 0 aliphatic heterocycles. The Hall–Kier alpha value is -2.25. The summed E-state index contributed by atoms with van der Waals surface area (Å²) >= 11 is 2.91. The lowest BCUT2D eigenvalue weighted by molar-refractivity contribution is -0.384. The molecule has 1 N–H and O–H groups in total. The Bertz CT molecular complexity index is 749. The number of nitro groups is 1. The summed E-state index contributed by atoms with van der Waals surface area (Å²) in [6.07, 6.45) is 0. The quantitative estimate of drug-likeness (QED) is 0.582. The maximum atomic E-state index is 10.6. The topological polar surface area (TPSA) is 76.3 Å². The fraction of sp³-hybridized carbons (Fsp3) is 0. The average Bonchev–Trinajstić information content (AvgIpc) is 3.08. The predicted octanol–water partition coefficient (Wildman–Crippen LogP) is 4.15. The molecule has 0 amide bonds. The number of aromatic hydroxyl groups is 1. The minimum atomic E-state index is -0.451. The van der Waals surface area contributed by atoms with E-state index in [1.807, 2.05) is 17.5 Å². The zero-order valence-corrected chi connectivity index (χ0v) is 11.6. The van der Waals surface area contributed by atoms with Gasteiger partial charge in [-0.3, -0.25) is 10.1 Å². The van der Waals surface area contributed by atoms with Gasteiger partial charge in [0.05, 0.1) is 14.7 Å². The van der Waals surface area contributed by atoms with Crippen LogP contribution < -0.4 is 0 Å². The van der Waals surface area contributed by atoms with Crippen molar-refractivity contribution in [3.05, 3.63) is 51.9 Å². The highest BCUT2D eigenvalue weighted by Crippen LogP contribution is 2.40. The van der Waals surface area contributed by atoms with E-state index < -0.39 is 4.92 Å². The van der Waals surface area contributed by atoms with Gasteiger partial charge in [-0.1, -0.05) is 6.07 Å². The maximum absolute atomic E-state index is 10.6. The van der Waals surface area contributed by atoms with E-state index in [2.05, 4.69) is 4.98 Å². The Labute approximate surface area is 121 Å². The molecule has 0 saturated heterocycles. The van der Waals surface area contributed by atoms with Crippen molar-refractivity contribution >= 4 is 28.4 Å². The molecule has 1 aromatic carbocycles. The molecule has 100 valence electrons. The monoisotopic (exact) mass is 304 g/mol. The SMILES string of the molecule is O=[N+]([O-])c1ccc(-c2sc(-c3cccs3)nc2O)cc1. The van der Waals surface area contributed by atoms with E-state index >= 15 is 0 Å². The smallest absolute Gasteiger partial charge is 0.269 e. The number of non-ortho nitro benzene ring substituents is 1. The van der Waals surface area contributed by atoms with Gasteiger partial charge >= 0.3 is 0 Å². The van der Waals surface area contributed by atoms with Gasteiger partial charge in [0.25, 0.3) is 5.69 Å². The van der Waals surface area contributed by atoms with Crippen molar-refractivity contribution in [1.82, 2.24) is 4.98 Å². The number of thiophene rings is 1. The summed E-state index contributed by atoms with van der Waals surface area (Å²) in [4.78, 5) is 15.9. The third-order valence-corrected chi connectivity index (χ3v) is 4.81. The molecular weight excluding hydrogens is 296 g/mol. The first-order valence-corrected chi connectivity index (χ1v) is 7.33. The molecule has 0 aliphatic carbocycles. The van der Waals surface area contributed by atoms with Gasteiger partial charge in [0.2, 0.25) is 5.88 Å². The Morgan fingerprint density at radius 2 is 1.95 bits per heavy atom. The van der Waals surface area contributed by atoms with Gasteiger partial charge in [-0.15, -0.1) is 22.7 Å². The third kappa shape index (κ3) is 2.28. The standard InChI is InChI=1S/C13H8N2O3S2/c16-12-11(8-3-5-9(6-4-8)15(17)18)20-13(14-12)10-2-1-7-19-10/h1-7,16H. The molecule has 0 aliphatic rings. The van der Waals surface area contributed by atoms with Crippen molar-refractivity contribution in [2.75, 3.05) is 0 Å². The molecule has 0 saturated carbocycles.